The van der Waals surface area contributed by atoms with Crippen LogP contribution in [0.3, 0.4) is 0 Å². The molecule has 6 rings (SSSR count). The lowest BCUT2D eigenvalue weighted by Crippen LogP contribution is -2.12. The Labute approximate surface area is 197 Å². The van der Waals surface area contributed by atoms with Gasteiger partial charge in [0.1, 0.15) is 11.3 Å². The first-order valence-electron chi connectivity index (χ1n) is 11.3. The molecule has 3 aromatic heterocycles. The molecule has 6 aromatic rings. The Bertz CT molecular complexity index is 1660. The maximum absolute atomic E-state index is 6.32. The predicted octanol–water partition coefficient (Wildman–Crippen LogP) is 9.14. The van der Waals surface area contributed by atoms with Gasteiger partial charge in [-0.25, -0.2) is 0 Å². The summed E-state index contributed by atoms with van der Waals surface area (Å²) in [4.78, 5) is 6.13. The third kappa shape index (κ3) is 3.44. The fourth-order valence-electron chi connectivity index (χ4n) is 4.72. The summed E-state index contributed by atoms with van der Waals surface area (Å²) in [5.74, 6) is 0.879. The van der Waals surface area contributed by atoms with Crippen LogP contribution in [0.5, 0.6) is 0 Å². The van der Waals surface area contributed by atoms with Crippen LogP contribution in [0.25, 0.3) is 54.4 Å². The van der Waals surface area contributed by atoms with Gasteiger partial charge in [-0.05, 0) is 70.5 Å². The van der Waals surface area contributed by atoms with E-state index in [0.29, 0.717) is 0 Å². The molecule has 0 saturated carbocycles. The molecule has 0 radical (unpaired) electrons. The number of benzene rings is 3. The van der Waals surface area contributed by atoms with Gasteiger partial charge in [0.05, 0.1) is 5.69 Å². The van der Waals surface area contributed by atoms with Crippen molar-refractivity contribution in [2.45, 2.75) is 33.1 Å². The van der Waals surface area contributed by atoms with Gasteiger partial charge in [0, 0.05) is 32.3 Å². The molecule has 0 aliphatic carbocycles. The zero-order valence-electron chi connectivity index (χ0n) is 19.3. The lowest BCUT2D eigenvalue weighted by molar-refractivity contribution is 0.596. The Kier molecular flexibility index (Phi) is 4.46. The van der Waals surface area contributed by atoms with Gasteiger partial charge >= 0.3 is 0 Å². The molecule has 3 heterocycles. The number of aryl methyl sites for hydroxylation is 1. The van der Waals surface area contributed by atoms with Crippen LogP contribution in [0.4, 0.5) is 0 Å². The summed E-state index contributed by atoms with van der Waals surface area (Å²) in [6.07, 6.45) is 1.85. The van der Waals surface area contributed by atoms with Crippen LogP contribution in [0.2, 0.25) is 0 Å². The van der Waals surface area contributed by atoms with Gasteiger partial charge in [0.15, 0.2) is 0 Å². The fraction of sp³-hybridized carbons (Fsp3) is 0.167. The van der Waals surface area contributed by atoms with Crippen molar-refractivity contribution in [3.8, 4) is 22.6 Å². The lowest BCUT2D eigenvalue weighted by atomic mass is 9.82. The van der Waals surface area contributed by atoms with Gasteiger partial charge in [-0.1, -0.05) is 57.2 Å². The smallest absolute Gasteiger partial charge is 0.138 e. The average molecular weight is 448 g/mol. The second-order valence-corrected chi connectivity index (χ2v) is 11.1. The Morgan fingerprint density at radius 2 is 1.64 bits per heavy atom. The van der Waals surface area contributed by atoms with E-state index in [1.54, 1.807) is 0 Å². The molecule has 0 bridgehead atoms. The van der Waals surface area contributed by atoms with Crippen molar-refractivity contribution in [2.24, 2.45) is 0 Å². The standard InChI is InChI=1S/C30H25NOS/c1-18-13-21-10-9-20(16-28(21)33-18)27-17-24-26(32-27)11-12-31-29(24)22-14-19-7-5-6-8-23(19)25(15-22)30(2,3)4/h5-17H,1-4H3. The molecular formula is C30H25NOS. The number of nitrogens with zero attached hydrogens (tertiary/aromatic N) is 1. The minimum absolute atomic E-state index is 0.0271. The minimum atomic E-state index is 0.0271. The van der Waals surface area contributed by atoms with Gasteiger partial charge in [0.2, 0.25) is 0 Å². The monoisotopic (exact) mass is 447 g/mol. The van der Waals surface area contributed by atoms with E-state index in [1.165, 1.54) is 31.3 Å². The number of pyridine rings is 1. The van der Waals surface area contributed by atoms with Crippen molar-refractivity contribution in [1.29, 1.82) is 0 Å². The van der Waals surface area contributed by atoms with Crippen LogP contribution in [-0.2, 0) is 5.41 Å². The van der Waals surface area contributed by atoms with Crippen LogP contribution >= 0.6 is 11.3 Å². The Morgan fingerprint density at radius 1 is 0.788 bits per heavy atom. The second kappa shape index (κ2) is 7.29. The van der Waals surface area contributed by atoms with E-state index in [9.17, 15) is 0 Å². The number of furan rings is 1. The number of fused-ring (bicyclic) bond motifs is 3. The summed E-state index contributed by atoms with van der Waals surface area (Å²) in [5, 5.41) is 4.87. The highest BCUT2D eigenvalue weighted by Crippen LogP contribution is 2.39. The number of thiophene rings is 1. The van der Waals surface area contributed by atoms with Crippen molar-refractivity contribution in [2.75, 3.05) is 0 Å². The van der Waals surface area contributed by atoms with Crippen LogP contribution in [-0.4, -0.2) is 4.98 Å². The van der Waals surface area contributed by atoms with Gasteiger partial charge in [-0.3, -0.25) is 4.98 Å². The summed E-state index contributed by atoms with van der Waals surface area (Å²) in [6.45, 7) is 8.96. The van der Waals surface area contributed by atoms with E-state index in [2.05, 4.69) is 94.4 Å². The van der Waals surface area contributed by atoms with Crippen LogP contribution in [0.1, 0.15) is 31.2 Å². The molecule has 3 heteroatoms. The van der Waals surface area contributed by atoms with Crippen molar-refractivity contribution in [1.82, 2.24) is 4.98 Å². The van der Waals surface area contributed by atoms with Gasteiger partial charge < -0.3 is 4.42 Å². The first-order chi connectivity index (χ1) is 15.9. The largest absolute Gasteiger partial charge is 0.456 e. The lowest BCUT2D eigenvalue weighted by Gasteiger charge is -2.22. The van der Waals surface area contributed by atoms with E-state index in [4.69, 9.17) is 9.40 Å². The number of aromatic nitrogens is 1. The molecule has 0 unspecified atom stereocenters. The molecule has 0 aliphatic heterocycles. The van der Waals surface area contributed by atoms with E-state index >= 15 is 0 Å². The highest BCUT2D eigenvalue weighted by Gasteiger charge is 2.20. The van der Waals surface area contributed by atoms with Crippen molar-refractivity contribution in [3.05, 3.63) is 89.4 Å². The molecule has 0 saturated heterocycles. The number of hydrogen-bond donors (Lipinski definition) is 0. The van der Waals surface area contributed by atoms with Crippen LogP contribution in [0, 0.1) is 6.92 Å². The average Bonchev–Trinajstić information content (AvgIpc) is 3.39. The molecule has 0 aliphatic rings. The maximum Gasteiger partial charge on any atom is 0.138 e. The molecule has 0 atom stereocenters. The minimum Gasteiger partial charge on any atom is -0.456 e. The number of rotatable bonds is 2. The van der Waals surface area contributed by atoms with Gasteiger partial charge in [0.25, 0.3) is 0 Å². The van der Waals surface area contributed by atoms with Crippen molar-refractivity contribution >= 4 is 43.2 Å². The maximum atomic E-state index is 6.32. The van der Waals surface area contributed by atoms with E-state index < -0.39 is 0 Å². The Balaban J connectivity index is 1.55. The zero-order valence-corrected chi connectivity index (χ0v) is 20.1. The molecule has 0 spiro atoms. The van der Waals surface area contributed by atoms with E-state index in [1.807, 2.05) is 23.6 Å². The molecule has 0 amide bonds. The molecule has 3 aromatic carbocycles. The SMILES string of the molecule is Cc1cc2ccc(-c3cc4c(-c5cc(C(C)(C)C)c6ccccc6c5)nccc4o3)cc2s1. The second-order valence-electron chi connectivity index (χ2n) is 9.79. The summed E-state index contributed by atoms with van der Waals surface area (Å²) in [7, 11) is 0. The summed E-state index contributed by atoms with van der Waals surface area (Å²) in [6, 6.07) is 26.1. The Morgan fingerprint density at radius 3 is 2.48 bits per heavy atom. The van der Waals surface area contributed by atoms with Gasteiger partial charge in [-0.2, -0.15) is 0 Å². The molecule has 0 N–H and O–H groups in total. The van der Waals surface area contributed by atoms with Crippen LogP contribution < -0.4 is 0 Å². The third-order valence-corrected chi connectivity index (χ3v) is 7.33. The number of hydrogen-bond acceptors (Lipinski definition) is 3. The normalized spacial score (nSPS) is 12.2. The molecule has 0 fully saturated rings. The quantitative estimate of drug-likeness (QED) is 0.264. The Hall–Kier alpha value is -3.43. The molecular weight excluding hydrogens is 422 g/mol. The zero-order chi connectivity index (χ0) is 22.7. The third-order valence-electron chi connectivity index (χ3n) is 6.32. The van der Waals surface area contributed by atoms with Gasteiger partial charge in [-0.15, -0.1) is 11.3 Å². The summed E-state index contributed by atoms with van der Waals surface area (Å²) >= 11 is 1.82. The fourth-order valence-corrected chi connectivity index (χ4v) is 5.68. The first-order valence-corrected chi connectivity index (χ1v) is 12.1. The highest BCUT2D eigenvalue weighted by atomic mass is 32.1. The van der Waals surface area contributed by atoms with E-state index in [-0.39, 0.29) is 5.41 Å². The summed E-state index contributed by atoms with van der Waals surface area (Å²) in [5.41, 5.74) is 5.41. The van der Waals surface area contributed by atoms with Crippen LogP contribution in [0.15, 0.2) is 83.4 Å². The molecule has 162 valence electrons. The topological polar surface area (TPSA) is 26.0 Å². The van der Waals surface area contributed by atoms with E-state index in [0.717, 1.165) is 33.6 Å². The molecule has 33 heavy (non-hydrogen) atoms. The molecule has 2 nitrogen and oxygen atoms in total. The van der Waals surface area contributed by atoms with Crippen molar-refractivity contribution in [3.63, 3.8) is 0 Å². The summed E-state index contributed by atoms with van der Waals surface area (Å²) < 4.78 is 7.61. The predicted molar refractivity (Wildman–Crippen MR) is 141 cm³/mol. The first kappa shape index (κ1) is 20.2. The van der Waals surface area contributed by atoms with Crippen molar-refractivity contribution < 1.29 is 4.42 Å². The highest BCUT2D eigenvalue weighted by molar-refractivity contribution is 7.19.